The smallest absolute Gasteiger partial charge is 0.226 e. The van der Waals surface area contributed by atoms with E-state index in [9.17, 15) is 4.79 Å². The highest BCUT2D eigenvalue weighted by Gasteiger charge is 2.28. The molecule has 2 aromatic rings. The number of nitrogens with one attached hydrogen (secondary N) is 1. The molecular formula is C18H21N3O2S. The fraction of sp³-hybridized carbons (Fsp3) is 0.500. The number of methoxy groups -OCH3 is 1. The number of carbonyl (C=O) groups is 1. The molecule has 0 unspecified atom stereocenters. The lowest BCUT2D eigenvalue weighted by Crippen LogP contribution is -2.18. The molecule has 0 radical (unpaired) electrons. The fourth-order valence-electron chi connectivity index (χ4n) is 3.40. The van der Waals surface area contributed by atoms with Crippen molar-refractivity contribution in [1.82, 2.24) is 10.2 Å². The summed E-state index contributed by atoms with van der Waals surface area (Å²) in [7, 11) is 1.69. The molecule has 6 heteroatoms. The van der Waals surface area contributed by atoms with E-state index < -0.39 is 0 Å². The van der Waals surface area contributed by atoms with Crippen LogP contribution in [0.4, 0.5) is 5.13 Å². The zero-order valence-electron chi connectivity index (χ0n) is 13.7. The van der Waals surface area contributed by atoms with Gasteiger partial charge >= 0.3 is 0 Å². The van der Waals surface area contributed by atoms with Gasteiger partial charge in [0.1, 0.15) is 10.8 Å². The topological polar surface area (TPSA) is 64.1 Å². The number of aromatic nitrogens is 2. The van der Waals surface area contributed by atoms with E-state index >= 15 is 0 Å². The van der Waals surface area contributed by atoms with Gasteiger partial charge in [0.2, 0.25) is 11.0 Å². The fourth-order valence-corrected chi connectivity index (χ4v) is 4.33. The molecule has 24 heavy (non-hydrogen) atoms. The monoisotopic (exact) mass is 343 g/mol. The molecule has 1 aromatic carbocycles. The van der Waals surface area contributed by atoms with Crippen molar-refractivity contribution >= 4 is 22.4 Å². The molecule has 5 nitrogen and oxygen atoms in total. The first-order chi connectivity index (χ1) is 11.7. The average Bonchev–Trinajstić information content (AvgIpc) is 3.34. The predicted molar refractivity (Wildman–Crippen MR) is 93.8 cm³/mol. The van der Waals surface area contributed by atoms with Crippen LogP contribution in [0.3, 0.4) is 0 Å². The number of fused-ring (bicyclic) bond motifs is 1. The van der Waals surface area contributed by atoms with Gasteiger partial charge in [-0.05, 0) is 61.3 Å². The van der Waals surface area contributed by atoms with Crippen LogP contribution in [-0.2, 0) is 11.2 Å². The molecule has 1 heterocycles. The molecule has 0 bridgehead atoms. The third kappa shape index (κ3) is 3.29. The van der Waals surface area contributed by atoms with Crippen molar-refractivity contribution < 1.29 is 9.53 Å². The van der Waals surface area contributed by atoms with Crippen molar-refractivity contribution in [2.24, 2.45) is 0 Å². The molecule has 126 valence electrons. The summed E-state index contributed by atoms with van der Waals surface area (Å²) in [5.41, 5.74) is 2.60. The Hall–Kier alpha value is -1.95. The van der Waals surface area contributed by atoms with Crippen molar-refractivity contribution in [2.45, 2.75) is 50.4 Å². The molecule has 0 spiro atoms. The number of anilines is 1. The van der Waals surface area contributed by atoms with Crippen LogP contribution < -0.4 is 10.1 Å². The quantitative estimate of drug-likeness (QED) is 0.895. The van der Waals surface area contributed by atoms with Gasteiger partial charge in [-0.3, -0.25) is 4.79 Å². The Morgan fingerprint density at radius 2 is 2.21 bits per heavy atom. The minimum Gasteiger partial charge on any atom is -0.497 e. The molecule has 0 saturated heterocycles. The maximum atomic E-state index is 12.4. The van der Waals surface area contributed by atoms with E-state index in [1.165, 1.54) is 35.3 Å². The van der Waals surface area contributed by atoms with Crippen LogP contribution in [0.15, 0.2) is 18.2 Å². The van der Waals surface area contributed by atoms with Crippen molar-refractivity contribution in [2.75, 3.05) is 12.4 Å². The number of nitrogens with zero attached hydrogens (tertiary/aromatic N) is 2. The summed E-state index contributed by atoms with van der Waals surface area (Å²) in [4.78, 5) is 12.4. The largest absolute Gasteiger partial charge is 0.497 e. The van der Waals surface area contributed by atoms with Gasteiger partial charge in [-0.25, -0.2) is 0 Å². The second-order valence-corrected chi connectivity index (χ2v) is 7.64. The Kier molecular flexibility index (Phi) is 4.22. The lowest BCUT2D eigenvalue weighted by Gasteiger charge is -2.25. The zero-order chi connectivity index (χ0) is 16.5. The molecule has 1 saturated carbocycles. The minimum atomic E-state index is 0.0298. The number of hydrogen-bond acceptors (Lipinski definition) is 5. The summed E-state index contributed by atoms with van der Waals surface area (Å²) < 4.78 is 5.31. The summed E-state index contributed by atoms with van der Waals surface area (Å²) >= 11 is 1.51. The number of rotatable bonds is 5. The van der Waals surface area contributed by atoms with Gasteiger partial charge in [-0.1, -0.05) is 17.4 Å². The number of ether oxygens (including phenoxy) is 1. The van der Waals surface area contributed by atoms with E-state index in [1.807, 2.05) is 6.07 Å². The summed E-state index contributed by atoms with van der Waals surface area (Å²) in [5.74, 6) is 1.77. The first kappa shape index (κ1) is 15.6. The molecule has 2 aliphatic carbocycles. The van der Waals surface area contributed by atoms with E-state index in [2.05, 4.69) is 27.6 Å². The molecule has 1 atom stereocenters. The van der Waals surface area contributed by atoms with E-state index in [0.29, 0.717) is 17.5 Å². The second-order valence-electron chi connectivity index (χ2n) is 6.63. The maximum absolute atomic E-state index is 12.4. The Morgan fingerprint density at radius 3 is 3.00 bits per heavy atom. The van der Waals surface area contributed by atoms with Gasteiger partial charge < -0.3 is 10.1 Å². The average molecular weight is 343 g/mol. The van der Waals surface area contributed by atoms with Gasteiger partial charge in [-0.15, -0.1) is 10.2 Å². The Morgan fingerprint density at radius 1 is 1.33 bits per heavy atom. The van der Waals surface area contributed by atoms with Crippen molar-refractivity contribution in [3.05, 3.63) is 34.3 Å². The molecule has 1 amide bonds. The Balaban J connectivity index is 1.42. The number of aryl methyl sites for hydroxylation is 1. The Bertz CT molecular complexity index is 754. The van der Waals surface area contributed by atoms with Crippen LogP contribution in [0.25, 0.3) is 0 Å². The lowest BCUT2D eigenvalue weighted by molar-refractivity contribution is -0.116. The number of hydrogen-bond donors (Lipinski definition) is 1. The predicted octanol–water partition coefficient (Wildman–Crippen LogP) is 3.87. The van der Waals surface area contributed by atoms with Gasteiger partial charge in [0, 0.05) is 12.3 Å². The van der Waals surface area contributed by atoms with Crippen LogP contribution >= 0.6 is 11.3 Å². The maximum Gasteiger partial charge on any atom is 0.226 e. The highest BCUT2D eigenvalue weighted by atomic mass is 32.1. The summed E-state index contributed by atoms with van der Waals surface area (Å²) in [6, 6.07) is 6.20. The van der Waals surface area contributed by atoms with Gasteiger partial charge in [0.05, 0.1) is 7.11 Å². The number of benzene rings is 1. The Labute approximate surface area is 145 Å². The minimum absolute atomic E-state index is 0.0298. The van der Waals surface area contributed by atoms with Crippen molar-refractivity contribution in [3.8, 4) is 5.75 Å². The number of carbonyl (C=O) groups excluding carboxylic acids is 1. The SMILES string of the molecule is COc1ccc2c(c1)CCC[C@H]2CC(=O)Nc1nnc(C2CC2)s1. The van der Waals surface area contributed by atoms with E-state index in [0.717, 1.165) is 30.0 Å². The first-order valence-electron chi connectivity index (χ1n) is 8.53. The highest BCUT2D eigenvalue weighted by Crippen LogP contribution is 2.42. The van der Waals surface area contributed by atoms with E-state index in [-0.39, 0.29) is 11.8 Å². The molecule has 1 N–H and O–H groups in total. The molecular weight excluding hydrogens is 322 g/mol. The molecule has 0 aliphatic heterocycles. The van der Waals surface area contributed by atoms with Crippen LogP contribution in [0.2, 0.25) is 0 Å². The van der Waals surface area contributed by atoms with Crippen LogP contribution in [0.5, 0.6) is 5.75 Å². The highest BCUT2D eigenvalue weighted by molar-refractivity contribution is 7.15. The van der Waals surface area contributed by atoms with Crippen LogP contribution in [0.1, 0.15) is 60.1 Å². The van der Waals surface area contributed by atoms with Crippen molar-refractivity contribution in [1.29, 1.82) is 0 Å². The standard InChI is InChI=1S/C18H21N3O2S/c1-23-14-7-8-15-12(9-14)3-2-4-13(15)10-16(22)19-18-21-20-17(24-18)11-5-6-11/h7-9,11,13H,2-6,10H2,1H3,(H,19,21,22)/t13-/m0/s1. The van der Waals surface area contributed by atoms with E-state index in [1.54, 1.807) is 7.11 Å². The molecule has 4 rings (SSSR count). The summed E-state index contributed by atoms with van der Waals surface area (Å²) in [6.07, 6.45) is 6.12. The first-order valence-corrected chi connectivity index (χ1v) is 9.34. The number of amides is 1. The second kappa shape index (κ2) is 6.51. The third-order valence-electron chi connectivity index (χ3n) is 4.83. The van der Waals surface area contributed by atoms with Gasteiger partial charge in [-0.2, -0.15) is 0 Å². The van der Waals surface area contributed by atoms with Gasteiger partial charge in [0.15, 0.2) is 0 Å². The summed E-state index contributed by atoms with van der Waals surface area (Å²) in [5, 5.41) is 12.9. The normalized spacial score (nSPS) is 19.6. The van der Waals surface area contributed by atoms with Crippen LogP contribution in [0, 0.1) is 0 Å². The van der Waals surface area contributed by atoms with Crippen molar-refractivity contribution in [3.63, 3.8) is 0 Å². The van der Waals surface area contributed by atoms with Crippen LogP contribution in [-0.4, -0.2) is 23.2 Å². The molecule has 2 aliphatic rings. The third-order valence-corrected chi connectivity index (χ3v) is 5.84. The van der Waals surface area contributed by atoms with E-state index in [4.69, 9.17) is 4.74 Å². The summed E-state index contributed by atoms with van der Waals surface area (Å²) in [6.45, 7) is 0. The lowest BCUT2D eigenvalue weighted by atomic mass is 9.81. The molecule has 1 aromatic heterocycles. The zero-order valence-corrected chi connectivity index (χ0v) is 14.6. The molecule has 1 fully saturated rings. The van der Waals surface area contributed by atoms with Gasteiger partial charge in [0.25, 0.3) is 0 Å².